The van der Waals surface area contributed by atoms with Gasteiger partial charge in [0.2, 0.25) is 0 Å². The molecule has 3 rings (SSSR count). The molecule has 7 nitrogen and oxygen atoms in total. The van der Waals surface area contributed by atoms with E-state index in [9.17, 15) is 9.59 Å². The Bertz CT molecular complexity index is 977. The van der Waals surface area contributed by atoms with Crippen molar-refractivity contribution in [3.63, 3.8) is 0 Å². The molecule has 27 heavy (non-hydrogen) atoms. The van der Waals surface area contributed by atoms with Crippen LogP contribution in [0.1, 0.15) is 20.8 Å². The Morgan fingerprint density at radius 1 is 1.04 bits per heavy atom. The third kappa shape index (κ3) is 4.59. The number of para-hydroxylation sites is 1. The predicted molar refractivity (Wildman–Crippen MR) is 103 cm³/mol. The molecule has 1 heterocycles. The lowest BCUT2D eigenvalue weighted by atomic mass is 10.2. The number of anilines is 3. The van der Waals surface area contributed by atoms with Crippen LogP contribution < -0.4 is 10.6 Å². The van der Waals surface area contributed by atoms with Crippen LogP contribution in [0, 0.1) is 0 Å². The quantitative estimate of drug-likeness (QED) is 0.650. The summed E-state index contributed by atoms with van der Waals surface area (Å²) >= 11 is 5.83. The van der Waals surface area contributed by atoms with Crippen molar-refractivity contribution in [2.45, 2.75) is 0 Å². The lowest BCUT2D eigenvalue weighted by Crippen LogP contribution is -2.14. The van der Waals surface area contributed by atoms with Crippen LogP contribution in [0.15, 0.2) is 60.9 Å². The van der Waals surface area contributed by atoms with Crippen LogP contribution in [0.4, 0.5) is 17.2 Å². The number of halogens is 1. The van der Waals surface area contributed by atoms with Gasteiger partial charge in [0, 0.05) is 16.8 Å². The van der Waals surface area contributed by atoms with Gasteiger partial charge in [-0.2, -0.15) is 0 Å². The smallest absolute Gasteiger partial charge is 0.339 e. The van der Waals surface area contributed by atoms with Gasteiger partial charge in [-0.15, -0.1) is 0 Å². The van der Waals surface area contributed by atoms with E-state index >= 15 is 0 Å². The van der Waals surface area contributed by atoms with Crippen molar-refractivity contribution >= 4 is 40.7 Å². The Morgan fingerprint density at radius 3 is 2.52 bits per heavy atom. The Labute approximate surface area is 160 Å². The van der Waals surface area contributed by atoms with Gasteiger partial charge in [-0.1, -0.05) is 23.7 Å². The number of ether oxygens (including phenoxy) is 1. The highest BCUT2D eigenvalue weighted by atomic mass is 35.5. The van der Waals surface area contributed by atoms with Crippen LogP contribution in [0.3, 0.4) is 0 Å². The van der Waals surface area contributed by atoms with Crippen molar-refractivity contribution in [3.8, 4) is 0 Å². The largest absolute Gasteiger partial charge is 0.465 e. The maximum Gasteiger partial charge on any atom is 0.339 e. The number of esters is 1. The minimum atomic E-state index is -0.479. The summed E-state index contributed by atoms with van der Waals surface area (Å²) in [4.78, 5) is 32.3. The first-order chi connectivity index (χ1) is 13.1. The number of nitrogens with zero attached hydrogens (tertiary/aromatic N) is 2. The van der Waals surface area contributed by atoms with E-state index in [1.165, 1.54) is 19.5 Å². The molecule has 2 N–H and O–H groups in total. The Balaban J connectivity index is 1.79. The standard InChI is InChI=1S/C19H15ClN4O3/c1-27-19(26)14-4-2-3-5-15(14)24-17-10-16(21-11-22-17)18(25)23-13-8-6-12(20)7-9-13/h2-11H,1H3,(H,23,25)(H,21,22,24). The summed E-state index contributed by atoms with van der Waals surface area (Å²) in [7, 11) is 1.31. The first-order valence-corrected chi connectivity index (χ1v) is 8.28. The molecule has 0 radical (unpaired) electrons. The Kier molecular flexibility index (Phi) is 5.63. The summed E-state index contributed by atoms with van der Waals surface area (Å²) in [6.45, 7) is 0. The van der Waals surface area contributed by atoms with Gasteiger partial charge in [-0.05, 0) is 36.4 Å². The monoisotopic (exact) mass is 382 g/mol. The number of hydrogen-bond acceptors (Lipinski definition) is 6. The van der Waals surface area contributed by atoms with Gasteiger partial charge in [0.05, 0.1) is 18.4 Å². The van der Waals surface area contributed by atoms with E-state index in [0.717, 1.165) is 0 Å². The van der Waals surface area contributed by atoms with E-state index in [1.54, 1.807) is 48.5 Å². The number of nitrogens with one attached hydrogen (secondary N) is 2. The zero-order valence-electron chi connectivity index (χ0n) is 14.3. The molecule has 0 saturated heterocycles. The van der Waals surface area contributed by atoms with Gasteiger partial charge in [-0.25, -0.2) is 14.8 Å². The van der Waals surface area contributed by atoms with E-state index < -0.39 is 11.9 Å². The topological polar surface area (TPSA) is 93.2 Å². The Hall–Kier alpha value is -3.45. The number of methoxy groups -OCH3 is 1. The van der Waals surface area contributed by atoms with Crippen LogP contribution in [-0.4, -0.2) is 29.0 Å². The summed E-state index contributed by atoms with van der Waals surface area (Å²) in [5.41, 5.74) is 1.62. The highest BCUT2D eigenvalue weighted by molar-refractivity contribution is 6.30. The maximum atomic E-state index is 12.4. The van der Waals surface area contributed by atoms with Gasteiger partial charge in [0.1, 0.15) is 17.8 Å². The number of hydrogen-bond donors (Lipinski definition) is 2. The second kappa shape index (κ2) is 8.29. The lowest BCUT2D eigenvalue weighted by Gasteiger charge is -2.10. The van der Waals surface area contributed by atoms with Gasteiger partial charge >= 0.3 is 5.97 Å². The van der Waals surface area contributed by atoms with Gasteiger partial charge in [0.25, 0.3) is 5.91 Å². The summed E-state index contributed by atoms with van der Waals surface area (Å²) < 4.78 is 4.77. The fourth-order valence-corrected chi connectivity index (χ4v) is 2.42. The van der Waals surface area contributed by atoms with E-state index in [4.69, 9.17) is 16.3 Å². The minimum absolute atomic E-state index is 0.165. The van der Waals surface area contributed by atoms with E-state index in [0.29, 0.717) is 27.8 Å². The van der Waals surface area contributed by atoms with Gasteiger partial charge in [0.15, 0.2) is 0 Å². The van der Waals surface area contributed by atoms with Gasteiger partial charge in [-0.3, -0.25) is 4.79 Å². The Morgan fingerprint density at radius 2 is 1.78 bits per heavy atom. The maximum absolute atomic E-state index is 12.4. The molecule has 0 aliphatic carbocycles. The molecule has 0 atom stereocenters. The predicted octanol–water partition coefficient (Wildman–Crippen LogP) is 3.91. The molecular weight excluding hydrogens is 368 g/mol. The zero-order chi connectivity index (χ0) is 19.2. The fraction of sp³-hybridized carbons (Fsp3) is 0.0526. The molecule has 0 unspecified atom stereocenters. The average molecular weight is 383 g/mol. The van der Waals surface area contributed by atoms with Crippen LogP contribution in [0.5, 0.6) is 0 Å². The number of carbonyl (C=O) groups is 2. The molecular formula is C19H15ClN4O3. The molecule has 136 valence electrons. The first kappa shape index (κ1) is 18.3. The van der Waals surface area contributed by atoms with Crippen molar-refractivity contribution in [2.24, 2.45) is 0 Å². The van der Waals surface area contributed by atoms with Crippen LogP contribution >= 0.6 is 11.6 Å². The second-order valence-corrected chi connectivity index (χ2v) is 5.85. The molecule has 0 aliphatic heterocycles. The van der Waals surface area contributed by atoms with Crippen molar-refractivity contribution in [1.29, 1.82) is 0 Å². The molecule has 1 aromatic heterocycles. The third-order valence-electron chi connectivity index (χ3n) is 3.60. The first-order valence-electron chi connectivity index (χ1n) is 7.90. The highest BCUT2D eigenvalue weighted by Gasteiger charge is 2.13. The van der Waals surface area contributed by atoms with Crippen LogP contribution in [0.2, 0.25) is 5.02 Å². The summed E-state index contributed by atoms with van der Waals surface area (Å²) in [5.74, 6) is -0.514. The summed E-state index contributed by atoms with van der Waals surface area (Å²) in [6.07, 6.45) is 1.26. The molecule has 0 saturated carbocycles. The van der Waals surface area contributed by atoms with E-state index in [-0.39, 0.29) is 5.69 Å². The highest BCUT2D eigenvalue weighted by Crippen LogP contribution is 2.21. The number of benzene rings is 2. The summed E-state index contributed by atoms with van der Waals surface area (Å²) in [6, 6.07) is 15.0. The number of rotatable bonds is 5. The van der Waals surface area contributed by atoms with Gasteiger partial charge < -0.3 is 15.4 Å². The molecule has 8 heteroatoms. The van der Waals surface area contributed by atoms with E-state index in [2.05, 4.69) is 20.6 Å². The molecule has 0 fully saturated rings. The molecule has 3 aromatic rings. The number of aromatic nitrogens is 2. The lowest BCUT2D eigenvalue weighted by molar-refractivity contribution is 0.0601. The fourth-order valence-electron chi connectivity index (χ4n) is 2.30. The average Bonchev–Trinajstić information content (AvgIpc) is 2.70. The third-order valence-corrected chi connectivity index (χ3v) is 3.85. The molecule has 0 bridgehead atoms. The normalized spacial score (nSPS) is 10.1. The van der Waals surface area contributed by atoms with Crippen LogP contribution in [0.25, 0.3) is 0 Å². The van der Waals surface area contributed by atoms with E-state index in [1.807, 2.05) is 0 Å². The van der Waals surface area contributed by atoms with Crippen molar-refractivity contribution in [2.75, 3.05) is 17.7 Å². The van der Waals surface area contributed by atoms with Crippen LogP contribution in [-0.2, 0) is 4.74 Å². The SMILES string of the molecule is COC(=O)c1ccccc1Nc1cc(C(=O)Nc2ccc(Cl)cc2)ncn1. The minimum Gasteiger partial charge on any atom is -0.465 e. The molecule has 1 amide bonds. The van der Waals surface area contributed by atoms with Crippen molar-refractivity contribution in [1.82, 2.24) is 9.97 Å². The second-order valence-electron chi connectivity index (χ2n) is 5.41. The molecule has 0 spiro atoms. The van der Waals surface area contributed by atoms with Crippen molar-refractivity contribution < 1.29 is 14.3 Å². The number of carbonyl (C=O) groups excluding carboxylic acids is 2. The molecule has 0 aliphatic rings. The van der Waals surface area contributed by atoms with Crippen molar-refractivity contribution in [3.05, 3.63) is 77.2 Å². The molecule has 2 aromatic carbocycles. The number of amides is 1. The summed E-state index contributed by atoms with van der Waals surface area (Å²) in [5, 5.41) is 6.31. The zero-order valence-corrected chi connectivity index (χ0v) is 15.0.